The topological polar surface area (TPSA) is 44.5 Å². The minimum absolute atomic E-state index is 0.329. The largest absolute Gasteiger partial charge is 0.493 e. The number of fused-ring (bicyclic) bond motifs is 1. The van der Waals surface area contributed by atoms with E-state index in [4.69, 9.17) is 15.2 Å². The Labute approximate surface area is 90.2 Å². The lowest BCUT2D eigenvalue weighted by Gasteiger charge is -2.22. The van der Waals surface area contributed by atoms with Crippen molar-refractivity contribution < 1.29 is 9.47 Å². The summed E-state index contributed by atoms with van der Waals surface area (Å²) in [5.74, 6) is 1.67. The van der Waals surface area contributed by atoms with Crippen molar-refractivity contribution in [3.63, 3.8) is 0 Å². The summed E-state index contributed by atoms with van der Waals surface area (Å²) >= 11 is 0. The van der Waals surface area contributed by atoms with Crippen LogP contribution >= 0.6 is 0 Å². The number of benzene rings is 1. The van der Waals surface area contributed by atoms with Crippen molar-refractivity contribution in [2.75, 3.05) is 13.7 Å². The Kier molecular flexibility index (Phi) is 2.35. The zero-order chi connectivity index (χ0) is 11.1. The average Bonchev–Trinajstić information content (AvgIpc) is 2.62. The second-order valence-corrected chi connectivity index (χ2v) is 4.44. The van der Waals surface area contributed by atoms with E-state index in [2.05, 4.69) is 0 Å². The highest BCUT2D eigenvalue weighted by atomic mass is 16.5. The van der Waals surface area contributed by atoms with E-state index in [-0.39, 0.29) is 5.54 Å². The molecule has 1 aromatic rings. The summed E-state index contributed by atoms with van der Waals surface area (Å²) in [7, 11) is 1.66. The number of nitrogens with two attached hydrogens (primary N) is 1. The average molecular weight is 207 g/mol. The Morgan fingerprint density at radius 1 is 1.40 bits per heavy atom. The minimum atomic E-state index is -0.329. The summed E-state index contributed by atoms with van der Waals surface area (Å²) in [4.78, 5) is 0. The fraction of sp³-hybridized carbons (Fsp3) is 0.500. The fourth-order valence-corrected chi connectivity index (χ4v) is 2.03. The van der Waals surface area contributed by atoms with Crippen LogP contribution in [-0.4, -0.2) is 13.7 Å². The third-order valence-corrected chi connectivity index (χ3v) is 2.74. The van der Waals surface area contributed by atoms with Crippen LogP contribution in [0.25, 0.3) is 0 Å². The first-order valence-electron chi connectivity index (χ1n) is 5.16. The van der Waals surface area contributed by atoms with Crippen LogP contribution in [0.4, 0.5) is 0 Å². The molecule has 0 atom stereocenters. The van der Waals surface area contributed by atoms with Gasteiger partial charge >= 0.3 is 0 Å². The van der Waals surface area contributed by atoms with Crippen molar-refractivity contribution in [2.45, 2.75) is 25.8 Å². The molecule has 0 amide bonds. The van der Waals surface area contributed by atoms with E-state index in [0.717, 1.165) is 30.1 Å². The third kappa shape index (κ3) is 1.67. The van der Waals surface area contributed by atoms with E-state index in [1.165, 1.54) is 5.56 Å². The fourth-order valence-electron chi connectivity index (χ4n) is 2.03. The summed E-state index contributed by atoms with van der Waals surface area (Å²) in [5.41, 5.74) is 8.14. The van der Waals surface area contributed by atoms with Crippen LogP contribution in [0.1, 0.15) is 25.0 Å². The van der Waals surface area contributed by atoms with Gasteiger partial charge in [0.15, 0.2) is 11.5 Å². The molecule has 2 N–H and O–H groups in total. The zero-order valence-electron chi connectivity index (χ0n) is 9.46. The lowest BCUT2D eigenvalue weighted by atomic mass is 9.89. The van der Waals surface area contributed by atoms with Gasteiger partial charge in [-0.1, -0.05) is 6.07 Å². The molecule has 0 spiro atoms. The van der Waals surface area contributed by atoms with E-state index in [0.29, 0.717) is 0 Å². The first-order valence-corrected chi connectivity index (χ1v) is 5.16. The van der Waals surface area contributed by atoms with Gasteiger partial charge in [-0.05, 0) is 25.5 Å². The van der Waals surface area contributed by atoms with Crippen LogP contribution in [0.15, 0.2) is 12.1 Å². The van der Waals surface area contributed by atoms with E-state index >= 15 is 0 Å². The van der Waals surface area contributed by atoms with Crippen LogP contribution in [0, 0.1) is 0 Å². The van der Waals surface area contributed by atoms with Crippen molar-refractivity contribution in [1.29, 1.82) is 0 Å². The second-order valence-electron chi connectivity index (χ2n) is 4.44. The van der Waals surface area contributed by atoms with Gasteiger partial charge < -0.3 is 15.2 Å². The van der Waals surface area contributed by atoms with Gasteiger partial charge in [-0.3, -0.25) is 0 Å². The van der Waals surface area contributed by atoms with Crippen molar-refractivity contribution in [3.05, 3.63) is 23.3 Å². The van der Waals surface area contributed by atoms with Gasteiger partial charge in [-0.2, -0.15) is 0 Å². The Morgan fingerprint density at radius 2 is 2.13 bits per heavy atom. The molecule has 0 aliphatic carbocycles. The monoisotopic (exact) mass is 207 g/mol. The first kappa shape index (κ1) is 10.3. The highest BCUT2D eigenvalue weighted by molar-refractivity contribution is 5.54. The molecule has 3 nitrogen and oxygen atoms in total. The molecule has 0 saturated carbocycles. The molecule has 1 aromatic carbocycles. The van der Waals surface area contributed by atoms with Crippen LogP contribution in [0.2, 0.25) is 0 Å². The van der Waals surface area contributed by atoms with Gasteiger partial charge in [0.05, 0.1) is 13.7 Å². The van der Waals surface area contributed by atoms with Crippen LogP contribution in [0.3, 0.4) is 0 Å². The molecule has 0 unspecified atom stereocenters. The van der Waals surface area contributed by atoms with Gasteiger partial charge in [0.25, 0.3) is 0 Å². The lowest BCUT2D eigenvalue weighted by molar-refractivity contribution is 0.326. The van der Waals surface area contributed by atoms with Gasteiger partial charge in [0, 0.05) is 17.5 Å². The normalized spacial score (nSPS) is 14.7. The summed E-state index contributed by atoms with van der Waals surface area (Å²) in [6.07, 6.45) is 0.919. The highest BCUT2D eigenvalue weighted by Gasteiger charge is 2.26. The highest BCUT2D eigenvalue weighted by Crippen LogP contribution is 2.40. The maximum Gasteiger partial charge on any atom is 0.164 e. The molecule has 2 rings (SSSR count). The number of hydrogen-bond donors (Lipinski definition) is 1. The molecule has 1 heterocycles. The summed E-state index contributed by atoms with van der Waals surface area (Å²) in [6, 6.07) is 3.96. The van der Waals surface area contributed by atoms with Gasteiger partial charge in [0.2, 0.25) is 0 Å². The summed E-state index contributed by atoms with van der Waals surface area (Å²) in [6.45, 7) is 4.74. The molecular formula is C12H17NO2. The second kappa shape index (κ2) is 3.42. The SMILES string of the molecule is COc1ccc(C(C)(C)N)c2c1OCC2. The maximum absolute atomic E-state index is 6.12. The molecule has 0 bridgehead atoms. The smallest absolute Gasteiger partial charge is 0.164 e. The Balaban J connectivity index is 2.57. The van der Waals surface area contributed by atoms with Crippen molar-refractivity contribution in [1.82, 2.24) is 0 Å². The molecule has 0 radical (unpaired) electrons. The molecular weight excluding hydrogens is 190 g/mol. The molecule has 0 aromatic heterocycles. The zero-order valence-corrected chi connectivity index (χ0v) is 9.46. The van der Waals surface area contributed by atoms with Crippen molar-refractivity contribution in [2.24, 2.45) is 5.73 Å². The summed E-state index contributed by atoms with van der Waals surface area (Å²) in [5, 5.41) is 0. The minimum Gasteiger partial charge on any atom is -0.493 e. The van der Waals surface area contributed by atoms with Crippen LogP contribution < -0.4 is 15.2 Å². The Bertz CT molecular complexity index is 380. The molecule has 15 heavy (non-hydrogen) atoms. The Hall–Kier alpha value is -1.22. The number of rotatable bonds is 2. The molecule has 3 heteroatoms. The van der Waals surface area contributed by atoms with E-state index in [1.807, 2.05) is 26.0 Å². The summed E-state index contributed by atoms with van der Waals surface area (Å²) < 4.78 is 10.8. The quantitative estimate of drug-likeness (QED) is 0.804. The molecule has 1 aliphatic rings. The standard InChI is InChI=1S/C12H17NO2/c1-12(2,13)9-4-5-10(14-3)11-8(9)6-7-15-11/h4-5H,6-7,13H2,1-3H3. The van der Waals surface area contributed by atoms with Crippen LogP contribution in [0.5, 0.6) is 11.5 Å². The predicted octanol–water partition coefficient (Wildman–Crippen LogP) is 1.82. The van der Waals surface area contributed by atoms with Crippen molar-refractivity contribution in [3.8, 4) is 11.5 Å². The van der Waals surface area contributed by atoms with Crippen LogP contribution in [-0.2, 0) is 12.0 Å². The van der Waals surface area contributed by atoms with E-state index < -0.39 is 0 Å². The molecule has 0 fully saturated rings. The number of methoxy groups -OCH3 is 1. The van der Waals surface area contributed by atoms with E-state index in [1.54, 1.807) is 7.11 Å². The maximum atomic E-state index is 6.12. The Morgan fingerprint density at radius 3 is 2.73 bits per heavy atom. The molecule has 1 aliphatic heterocycles. The van der Waals surface area contributed by atoms with E-state index in [9.17, 15) is 0 Å². The number of hydrogen-bond acceptors (Lipinski definition) is 3. The third-order valence-electron chi connectivity index (χ3n) is 2.74. The lowest BCUT2D eigenvalue weighted by Crippen LogP contribution is -2.29. The van der Waals surface area contributed by atoms with Gasteiger partial charge in [0.1, 0.15) is 0 Å². The number of ether oxygens (including phenoxy) is 2. The van der Waals surface area contributed by atoms with Gasteiger partial charge in [-0.15, -0.1) is 0 Å². The van der Waals surface area contributed by atoms with Gasteiger partial charge in [-0.25, -0.2) is 0 Å². The molecule has 0 saturated heterocycles. The van der Waals surface area contributed by atoms with Crippen molar-refractivity contribution >= 4 is 0 Å². The molecule has 82 valence electrons. The first-order chi connectivity index (χ1) is 7.04. The predicted molar refractivity (Wildman–Crippen MR) is 59.4 cm³/mol.